The first-order chi connectivity index (χ1) is 11.9. The van der Waals surface area contributed by atoms with Crippen LogP contribution in [-0.2, 0) is 9.84 Å². The van der Waals surface area contributed by atoms with Crippen LogP contribution in [0.4, 0.5) is 0 Å². The number of H-pyrrole nitrogens is 1. The number of benzene rings is 1. The van der Waals surface area contributed by atoms with Gasteiger partial charge >= 0.3 is 0 Å². The summed E-state index contributed by atoms with van der Waals surface area (Å²) in [4.78, 5) is 31.3. The van der Waals surface area contributed by atoms with Crippen molar-refractivity contribution in [3.05, 3.63) is 57.8 Å². The first-order valence-corrected chi connectivity index (χ1v) is 9.80. The van der Waals surface area contributed by atoms with E-state index in [0.29, 0.717) is 10.7 Å². The third-order valence-electron chi connectivity index (χ3n) is 4.58. The molecule has 1 amide bonds. The number of sulfone groups is 1. The molecule has 8 heteroatoms. The molecule has 2 aliphatic rings. The molecular weight excluding hydrogens is 342 g/mol. The molecule has 2 aromatic rings. The van der Waals surface area contributed by atoms with Crippen LogP contribution in [-0.4, -0.2) is 36.6 Å². The highest BCUT2D eigenvalue weighted by Gasteiger charge is 2.34. The van der Waals surface area contributed by atoms with E-state index in [1.54, 1.807) is 24.3 Å². The summed E-state index contributed by atoms with van der Waals surface area (Å²) in [6.07, 6.45) is 1.93. The zero-order valence-electron chi connectivity index (χ0n) is 13.4. The lowest BCUT2D eigenvalue weighted by Crippen LogP contribution is -2.31. The third kappa shape index (κ3) is 3.09. The number of hydrogen-bond donors (Lipinski definition) is 2. The second-order valence-electron chi connectivity index (χ2n) is 6.52. The lowest BCUT2D eigenvalue weighted by molar-refractivity contribution is 0.0946. The van der Waals surface area contributed by atoms with Gasteiger partial charge in [-0.1, -0.05) is 18.2 Å². The molecule has 1 atom stereocenters. The number of fused-ring (bicyclic) bond motifs is 1. The van der Waals surface area contributed by atoms with Gasteiger partial charge in [0.1, 0.15) is 11.5 Å². The van der Waals surface area contributed by atoms with E-state index in [4.69, 9.17) is 0 Å². The van der Waals surface area contributed by atoms with E-state index >= 15 is 0 Å². The van der Waals surface area contributed by atoms with Gasteiger partial charge in [-0.3, -0.25) is 9.59 Å². The van der Waals surface area contributed by atoms with E-state index in [0.717, 1.165) is 18.4 Å². The van der Waals surface area contributed by atoms with E-state index in [1.165, 1.54) is 6.07 Å². The van der Waals surface area contributed by atoms with Crippen molar-refractivity contribution in [1.29, 1.82) is 0 Å². The average Bonchev–Trinajstić information content (AvgIpc) is 3.39. The summed E-state index contributed by atoms with van der Waals surface area (Å²) in [6.45, 7) is 0.183. The van der Waals surface area contributed by atoms with Crippen molar-refractivity contribution in [2.24, 2.45) is 0 Å². The Balaban J connectivity index is 1.51. The summed E-state index contributed by atoms with van der Waals surface area (Å²) in [6, 6.07) is 8.01. The first-order valence-electron chi connectivity index (χ1n) is 8.15. The molecule has 130 valence electrons. The highest BCUT2D eigenvalue weighted by atomic mass is 32.2. The predicted molar refractivity (Wildman–Crippen MR) is 90.4 cm³/mol. The van der Waals surface area contributed by atoms with Gasteiger partial charge in [0.2, 0.25) is 0 Å². The Kier molecular flexibility index (Phi) is 3.72. The number of nitrogens with one attached hydrogen (secondary N) is 2. The molecule has 0 spiro atoms. The van der Waals surface area contributed by atoms with Crippen molar-refractivity contribution >= 4 is 15.7 Å². The molecule has 1 aromatic carbocycles. The Morgan fingerprint density at radius 3 is 2.80 bits per heavy atom. The summed E-state index contributed by atoms with van der Waals surface area (Å²) in [7, 11) is -3.31. The van der Waals surface area contributed by atoms with Gasteiger partial charge in [-0.05, 0) is 24.5 Å². The molecule has 1 aliphatic carbocycles. The minimum Gasteiger partial charge on any atom is -0.350 e. The van der Waals surface area contributed by atoms with Crippen LogP contribution >= 0.6 is 0 Å². The monoisotopic (exact) mass is 359 g/mol. The Bertz CT molecular complexity index is 1010. The second-order valence-corrected chi connectivity index (χ2v) is 8.52. The normalized spacial score (nSPS) is 20.9. The van der Waals surface area contributed by atoms with Crippen LogP contribution in [0.3, 0.4) is 0 Å². The number of amides is 1. The van der Waals surface area contributed by atoms with E-state index < -0.39 is 15.7 Å². The largest absolute Gasteiger partial charge is 0.350 e. The van der Waals surface area contributed by atoms with Gasteiger partial charge in [-0.15, -0.1) is 0 Å². The summed E-state index contributed by atoms with van der Waals surface area (Å²) in [5.41, 5.74) is 0.441. The fourth-order valence-electron chi connectivity index (χ4n) is 3.16. The Morgan fingerprint density at radius 2 is 2.04 bits per heavy atom. The summed E-state index contributed by atoms with van der Waals surface area (Å²) < 4.78 is 24.4. The van der Waals surface area contributed by atoms with Gasteiger partial charge in [-0.25, -0.2) is 13.4 Å². The SMILES string of the molecule is O=C(NCC1CS(=O)(=O)c2ccccc21)c1cc(=O)[nH]c(C2CC2)n1. The van der Waals surface area contributed by atoms with Crippen molar-refractivity contribution < 1.29 is 13.2 Å². The molecule has 7 nitrogen and oxygen atoms in total. The van der Waals surface area contributed by atoms with Gasteiger partial charge in [0, 0.05) is 24.4 Å². The maximum atomic E-state index is 12.3. The van der Waals surface area contributed by atoms with Gasteiger partial charge in [0.05, 0.1) is 10.6 Å². The second kappa shape index (κ2) is 5.80. The number of rotatable bonds is 4. The van der Waals surface area contributed by atoms with E-state index in [-0.39, 0.29) is 35.4 Å². The third-order valence-corrected chi connectivity index (χ3v) is 6.46. The highest BCUT2D eigenvalue weighted by Crippen LogP contribution is 2.37. The predicted octanol–water partition coefficient (Wildman–Crippen LogP) is 0.948. The molecule has 1 unspecified atom stereocenters. The lowest BCUT2D eigenvalue weighted by Gasteiger charge is -2.11. The molecule has 0 bridgehead atoms. The minimum absolute atomic E-state index is 0.0250. The molecule has 0 radical (unpaired) electrons. The number of aromatic amines is 1. The summed E-state index contributed by atoms with van der Waals surface area (Å²) in [5, 5.41) is 2.71. The van der Waals surface area contributed by atoms with Gasteiger partial charge in [0.15, 0.2) is 9.84 Å². The van der Waals surface area contributed by atoms with Crippen LogP contribution in [0.15, 0.2) is 40.0 Å². The van der Waals surface area contributed by atoms with Crippen LogP contribution in [0.25, 0.3) is 0 Å². The van der Waals surface area contributed by atoms with Gasteiger partial charge in [0.25, 0.3) is 11.5 Å². The smallest absolute Gasteiger partial charge is 0.270 e. The minimum atomic E-state index is -3.31. The molecule has 1 fully saturated rings. The van der Waals surface area contributed by atoms with Crippen LogP contribution in [0, 0.1) is 0 Å². The van der Waals surface area contributed by atoms with Crippen LogP contribution in [0.2, 0.25) is 0 Å². The quantitative estimate of drug-likeness (QED) is 0.845. The molecule has 2 heterocycles. The van der Waals surface area contributed by atoms with E-state index in [9.17, 15) is 18.0 Å². The zero-order chi connectivity index (χ0) is 17.6. The maximum absolute atomic E-state index is 12.3. The maximum Gasteiger partial charge on any atom is 0.270 e. The number of aromatic nitrogens is 2. The van der Waals surface area contributed by atoms with Crippen molar-refractivity contribution in [1.82, 2.24) is 15.3 Å². The highest BCUT2D eigenvalue weighted by molar-refractivity contribution is 7.91. The molecule has 2 N–H and O–H groups in total. The zero-order valence-corrected chi connectivity index (χ0v) is 14.2. The molecule has 1 aliphatic heterocycles. The molecule has 1 saturated carbocycles. The van der Waals surface area contributed by atoms with Crippen LogP contribution in [0.1, 0.15) is 46.6 Å². The molecule has 25 heavy (non-hydrogen) atoms. The van der Waals surface area contributed by atoms with Gasteiger partial charge < -0.3 is 10.3 Å². The lowest BCUT2D eigenvalue weighted by atomic mass is 10.0. The molecule has 1 aromatic heterocycles. The first kappa shape index (κ1) is 16.0. The van der Waals surface area contributed by atoms with Crippen molar-refractivity contribution in [3.8, 4) is 0 Å². The number of nitrogens with zero attached hydrogens (tertiary/aromatic N) is 1. The van der Waals surface area contributed by atoms with Crippen molar-refractivity contribution in [3.63, 3.8) is 0 Å². The Morgan fingerprint density at radius 1 is 1.28 bits per heavy atom. The van der Waals surface area contributed by atoms with E-state index in [2.05, 4.69) is 15.3 Å². The Hall–Kier alpha value is -2.48. The van der Waals surface area contributed by atoms with Crippen molar-refractivity contribution in [2.75, 3.05) is 12.3 Å². The van der Waals surface area contributed by atoms with Crippen LogP contribution in [0.5, 0.6) is 0 Å². The van der Waals surface area contributed by atoms with Crippen LogP contribution < -0.4 is 10.9 Å². The number of carbonyl (C=O) groups excluding carboxylic acids is 1. The number of carbonyl (C=O) groups is 1. The van der Waals surface area contributed by atoms with Crippen molar-refractivity contribution in [2.45, 2.75) is 29.6 Å². The van der Waals surface area contributed by atoms with E-state index in [1.807, 2.05) is 0 Å². The fourth-order valence-corrected chi connectivity index (χ4v) is 5.05. The molecule has 4 rings (SSSR count). The summed E-state index contributed by atoms with van der Waals surface area (Å²) >= 11 is 0. The topological polar surface area (TPSA) is 109 Å². The van der Waals surface area contributed by atoms with Gasteiger partial charge in [-0.2, -0.15) is 0 Å². The summed E-state index contributed by atoms with van der Waals surface area (Å²) in [5.74, 6) is -0.00785. The number of hydrogen-bond acceptors (Lipinski definition) is 5. The fraction of sp³-hybridized carbons (Fsp3) is 0.353. The Labute approximate surface area is 144 Å². The molecule has 0 saturated heterocycles. The average molecular weight is 359 g/mol. The standard InChI is InChI=1S/C17H17N3O4S/c21-15-7-13(19-16(20-15)10-5-6-10)17(22)18-8-11-9-25(23,24)14-4-2-1-3-12(11)14/h1-4,7,10-11H,5-6,8-9H2,(H,18,22)(H,19,20,21). The molecular formula is C17H17N3O4S.